The highest BCUT2D eigenvalue weighted by Crippen LogP contribution is 2.21. The standard InChI is InChI=1S/C17H26ClN3O2/c1-5-10-21(12-17(23)20(3)4)11-16(22)19-13(2)14-8-6-7-9-15(14)18/h6-9,13H,5,10-12H2,1-4H3,(H,19,22). The summed E-state index contributed by atoms with van der Waals surface area (Å²) in [6, 6.07) is 7.27. The van der Waals surface area contributed by atoms with Crippen LogP contribution in [0, 0.1) is 0 Å². The van der Waals surface area contributed by atoms with Crippen LogP contribution in [0.25, 0.3) is 0 Å². The van der Waals surface area contributed by atoms with Gasteiger partial charge in [-0.3, -0.25) is 14.5 Å². The molecule has 0 saturated carbocycles. The molecule has 0 fully saturated rings. The van der Waals surface area contributed by atoms with E-state index >= 15 is 0 Å². The summed E-state index contributed by atoms with van der Waals surface area (Å²) in [6.07, 6.45) is 0.883. The Morgan fingerprint density at radius 3 is 2.43 bits per heavy atom. The number of hydrogen-bond acceptors (Lipinski definition) is 3. The smallest absolute Gasteiger partial charge is 0.236 e. The summed E-state index contributed by atoms with van der Waals surface area (Å²) in [5.74, 6) is -0.122. The van der Waals surface area contributed by atoms with Gasteiger partial charge in [0, 0.05) is 19.1 Å². The van der Waals surface area contributed by atoms with Crippen molar-refractivity contribution in [1.82, 2.24) is 15.1 Å². The van der Waals surface area contributed by atoms with Crippen LogP contribution in [0.15, 0.2) is 24.3 Å². The Morgan fingerprint density at radius 1 is 1.22 bits per heavy atom. The minimum Gasteiger partial charge on any atom is -0.348 e. The van der Waals surface area contributed by atoms with Crippen LogP contribution in [-0.4, -0.2) is 55.3 Å². The van der Waals surface area contributed by atoms with Gasteiger partial charge in [0.25, 0.3) is 0 Å². The molecule has 5 nitrogen and oxygen atoms in total. The molecule has 0 aromatic heterocycles. The number of carbonyl (C=O) groups excluding carboxylic acids is 2. The van der Waals surface area contributed by atoms with Gasteiger partial charge in [0.2, 0.25) is 11.8 Å². The summed E-state index contributed by atoms with van der Waals surface area (Å²) in [5.41, 5.74) is 0.883. The van der Waals surface area contributed by atoms with Crippen molar-refractivity contribution in [1.29, 1.82) is 0 Å². The molecule has 1 unspecified atom stereocenters. The van der Waals surface area contributed by atoms with Crippen LogP contribution >= 0.6 is 11.6 Å². The maximum absolute atomic E-state index is 12.3. The number of likely N-dealkylation sites (N-methyl/N-ethyl adjacent to an activating group) is 1. The molecule has 0 aliphatic heterocycles. The van der Waals surface area contributed by atoms with E-state index in [1.165, 1.54) is 4.90 Å². The van der Waals surface area contributed by atoms with Crippen LogP contribution in [0.3, 0.4) is 0 Å². The molecule has 128 valence electrons. The maximum Gasteiger partial charge on any atom is 0.236 e. The molecule has 6 heteroatoms. The Bertz CT molecular complexity index is 534. The lowest BCUT2D eigenvalue weighted by Gasteiger charge is -2.23. The highest BCUT2D eigenvalue weighted by molar-refractivity contribution is 6.31. The summed E-state index contributed by atoms with van der Waals surface area (Å²) in [5, 5.41) is 3.57. The number of carbonyl (C=O) groups is 2. The van der Waals surface area contributed by atoms with Gasteiger partial charge in [0.05, 0.1) is 19.1 Å². The molecule has 0 aliphatic rings. The zero-order valence-corrected chi connectivity index (χ0v) is 15.1. The van der Waals surface area contributed by atoms with E-state index in [4.69, 9.17) is 11.6 Å². The van der Waals surface area contributed by atoms with Crippen LogP contribution in [0.1, 0.15) is 31.9 Å². The van der Waals surface area contributed by atoms with Gasteiger partial charge in [-0.05, 0) is 31.5 Å². The van der Waals surface area contributed by atoms with Gasteiger partial charge in [-0.1, -0.05) is 36.7 Å². The Balaban J connectivity index is 2.61. The fourth-order valence-corrected chi connectivity index (χ4v) is 2.56. The fourth-order valence-electron chi connectivity index (χ4n) is 2.26. The normalized spacial score (nSPS) is 12.1. The molecule has 1 rings (SSSR count). The molecule has 1 atom stereocenters. The van der Waals surface area contributed by atoms with Crippen molar-refractivity contribution in [3.05, 3.63) is 34.9 Å². The lowest BCUT2D eigenvalue weighted by atomic mass is 10.1. The topological polar surface area (TPSA) is 52.7 Å². The number of amides is 2. The average Bonchev–Trinajstić information content (AvgIpc) is 2.47. The largest absolute Gasteiger partial charge is 0.348 e. The molecular weight excluding hydrogens is 314 g/mol. The van der Waals surface area contributed by atoms with Gasteiger partial charge in [-0.25, -0.2) is 0 Å². The molecule has 2 amide bonds. The molecule has 0 spiro atoms. The van der Waals surface area contributed by atoms with E-state index in [1.54, 1.807) is 20.2 Å². The van der Waals surface area contributed by atoms with Crippen LogP contribution in [0.4, 0.5) is 0 Å². The minimum absolute atomic E-state index is 0.00889. The number of nitrogens with zero attached hydrogens (tertiary/aromatic N) is 2. The molecule has 0 aliphatic carbocycles. The third-order valence-corrected chi connectivity index (χ3v) is 3.86. The van der Waals surface area contributed by atoms with Crippen molar-refractivity contribution in [2.45, 2.75) is 26.3 Å². The van der Waals surface area contributed by atoms with Crippen molar-refractivity contribution in [3.63, 3.8) is 0 Å². The summed E-state index contributed by atoms with van der Waals surface area (Å²) in [6.45, 7) is 5.07. The SMILES string of the molecule is CCCN(CC(=O)NC(C)c1ccccc1Cl)CC(=O)N(C)C. The van der Waals surface area contributed by atoms with Gasteiger partial charge in [0.15, 0.2) is 0 Å². The van der Waals surface area contributed by atoms with Gasteiger partial charge >= 0.3 is 0 Å². The molecule has 23 heavy (non-hydrogen) atoms. The van der Waals surface area contributed by atoms with E-state index in [0.29, 0.717) is 11.6 Å². The number of benzene rings is 1. The maximum atomic E-state index is 12.3. The Hall–Kier alpha value is -1.59. The predicted molar refractivity (Wildman–Crippen MR) is 93.4 cm³/mol. The van der Waals surface area contributed by atoms with Crippen molar-refractivity contribution >= 4 is 23.4 Å². The summed E-state index contributed by atoms with van der Waals surface area (Å²) >= 11 is 6.15. The van der Waals surface area contributed by atoms with Gasteiger partial charge in [-0.2, -0.15) is 0 Å². The molecule has 0 heterocycles. The van der Waals surface area contributed by atoms with Crippen LogP contribution < -0.4 is 5.32 Å². The molecule has 0 saturated heterocycles. The second kappa shape index (κ2) is 9.53. The zero-order chi connectivity index (χ0) is 17.4. The Kier molecular flexibility index (Phi) is 8.06. The molecule has 0 radical (unpaired) electrons. The number of hydrogen-bond donors (Lipinski definition) is 1. The molecule has 1 N–H and O–H groups in total. The zero-order valence-electron chi connectivity index (χ0n) is 14.3. The van der Waals surface area contributed by atoms with Crippen LogP contribution in [0.5, 0.6) is 0 Å². The molecule has 1 aromatic rings. The van der Waals surface area contributed by atoms with Gasteiger partial charge in [-0.15, -0.1) is 0 Å². The number of nitrogens with one attached hydrogen (secondary N) is 1. The Labute approximate surface area is 143 Å². The fraction of sp³-hybridized carbons (Fsp3) is 0.529. The molecule has 0 bridgehead atoms. The lowest BCUT2D eigenvalue weighted by molar-refractivity contribution is -0.131. The molecule has 1 aromatic carbocycles. The summed E-state index contributed by atoms with van der Waals surface area (Å²) < 4.78 is 0. The van der Waals surface area contributed by atoms with Crippen molar-refractivity contribution < 1.29 is 9.59 Å². The second-order valence-corrected chi connectivity index (χ2v) is 6.22. The first-order valence-corrected chi connectivity index (χ1v) is 8.19. The number of rotatable bonds is 8. The van der Waals surface area contributed by atoms with Crippen LogP contribution in [0.2, 0.25) is 5.02 Å². The summed E-state index contributed by atoms with van der Waals surface area (Å²) in [4.78, 5) is 27.5. The monoisotopic (exact) mass is 339 g/mol. The highest BCUT2D eigenvalue weighted by atomic mass is 35.5. The Morgan fingerprint density at radius 2 is 1.87 bits per heavy atom. The van der Waals surface area contributed by atoms with Gasteiger partial charge in [0.1, 0.15) is 0 Å². The highest BCUT2D eigenvalue weighted by Gasteiger charge is 2.17. The lowest BCUT2D eigenvalue weighted by Crippen LogP contribution is -2.43. The van der Waals surface area contributed by atoms with Crippen molar-refractivity contribution in [3.8, 4) is 0 Å². The third kappa shape index (κ3) is 6.59. The van der Waals surface area contributed by atoms with E-state index in [1.807, 2.05) is 36.9 Å². The minimum atomic E-state index is -0.177. The first kappa shape index (κ1) is 19.5. The first-order chi connectivity index (χ1) is 10.8. The third-order valence-electron chi connectivity index (χ3n) is 3.51. The van der Waals surface area contributed by atoms with E-state index < -0.39 is 0 Å². The van der Waals surface area contributed by atoms with E-state index in [2.05, 4.69) is 5.32 Å². The van der Waals surface area contributed by atoms with E-state index in [0.717, 1.165) is 12.0 Å². The second-order valence-electron chi connectivity index (χ2n) is 5.81. The van der Waals surface area contributed by atoms with Gasteiger partial charge < -0.3 is 10.2 Å². The van der Waals surface area contributed by atoms with E-state index in [-0.39, 0.29) is 30.9 Å². The van der Waals surface area contributed by atoms with Crippen molar-refractivity contribution in [2.24, 2.45) is 0 Å². The first-order valence-electron chi connectivity index (χ1n) is 7.81. The predicted octanol–water partition coefficient (Wildman–Crippen LogP) is 2.32. The summed E-state index contributed by atoms with van der Waals surface area (Å²) in [7, 11) is 3.43. The average molecular weight is 340 g/mol. The van der Waals surface area contributed by atoms with Crippen molar-refractivity contribution in [2.75, 3.05) is 33.7 Å². The molecular formula is C17H26ClN3O2. The quantitative estimate of drug-likeness (QED) is 0.790. The number of halogens is 1. The van der Waals surface area contributed by atoms with E-state index in [9.17, 15) is 9.59 Å². The van der Waals surface area contributed by atoms with Crippen LogP contribution in [-0.2, 0) is 9.59 Å².